The maximum absolute atomic E-state index is 10.5. The van der Waals surface area contributed by atoms with Gasteiger partial charge in [0.1, 0.15) is 19.4 Å². The predicted octanol–water partition coefficient (Wildman–Crippen LogP) is 2.38. The van der Waals surface area contributed by atoms with Gasteiger partial charge in [-0.25, -0.2) is 5.21 Å². The van der Waals surface area contributed by atoms with Gasteiger partial charge in [0.2, 0.25) is 0 Å². The number of hydroxylamine groups is 3. The molecule has 0 aliphatic heterocycles. The lowest BCUT2D eigenvalue weighted by Crippen LogP contribution is -2.42. The van der Waals surface area contributed by atoms with Crippen molar-refractivity contribution in [3.05, 3.63) is 0 Å². The van der Waals surface area contributed by atoms with Crippen LogP contribution in [0.5, 0.6) is 0 Å². The summed E-state index contributed by atoms with van der Waals surface area (Å²) in [6.07, 6.45) is 6.12. The first-order valence-electron chi connectivity index (χ1n) is 7.13. The van der Waals surface area contributed by atoms with Crippen LogP contribution < -0.4 is 0 Å². The highest BCUT2D eigenvalue weighted by atomic mass is 16.5. The molecule has 0 fully saturated rings. The molecule has 0 aromatic carbocycles. The number of carbonyl (C=O) groups excluding carboxylic acids is 1. The molecule has 3 unspecified atom stereocenters. The minimum Gasteiger partial charge on any atom is -0.392 e. The molecule has 0 aromatic rings. The molecule has 0 rings (SSSR count). The van der Waals surface area contributed by atoms with Gasteiger partial charge in [-0.05, 0) is 19.3 Å². The lowest BCUT2D eigenvalue weighted by molar-refractivity contribution is -1.09. The summed E-state index contributed by atoms with van der Waals surface area (Å²) >= 11 is 0. The normalized spacial score (nSPS) is 18.1. The van der Waals surface area contributed by atoms with Crippen LogP contribution >= 0.6 is 0 Å². The number of rotatable bonds is 11. The Morgan fingerprint density at radius 2 is 1.78 bits per heavy atom. The molecule has 0 aliphatic rings. The summed E-state index contributed by atoms with van der Waals surface area (Å²) in [5, 5.41) is 19.7. The summed E-state index contributed by atoms with van der Waals surface area (Å²) < 4.78 is 0.0197. The second kappa shape index (κ2) is 9.48. The highest BCUT2D eigenvalue weighted by Gasteiger charge is 2.20. The van der Waals surface area contributed by atoms with Crippen molar-refractivity contribution in [2.75, 3.05) is 20.1 Å². The zero-order valence-electron chi connectivity index (χ0n) is 12.1. The standard InChI is InChI=1S/C14H30NO3/c1-4-5-6-7-10-15(3,18)11-8-9-14(17)13(2)12-16/h12-14,17-18H,4-11H2,1-3H3/q+1. The lowest BCUT2D eigenvalue weighted by Gasteiger charge is -2.26. The van der Waals surface area contributed by atoms with Crippen molar-refractivity contribution >= 4 is 6.29 Å². The van der Waals surface area contributed by atoms with Gasteiger partial charge in [-0.3, -0.25) is 0 Å². The Bertz CT molecular complexity index is 219. The summed E-state index contributed by atoms with van der Waals surface area (Å²) in [5.74, 6) is -0.313. The molecular formula is C14H30NO3+. The van der Waals surface area contributed by atoms with E-state index in [-0.39, 0.29) is 10.6 Å². The number of quaternary nitrogens is 1. The number of hydrogen-bond donors (Lipinski definition) is 2. The molecule has 0 heterocycles. The van der Waals surface area contributed by atoms with Gasteiger partial charge in [-0.2, -0.15) is 4.65 Å². The molecule has 0 bridgehead atoms. The molecule has 18 heavy (non-hydrogen) atoms. The fourth-order valence-electron chi connectivity index (χ4n) is 1.99. The summed E-state index contributed by atoms with van der Waals surface area (Å²) in [7, 11) is 1.81. The fourth-order valence-corrected chi connectivity index (χ4v) is 1.99. The summed E-state index contributed by atoms with van der Waals surface area (Å²) in [6.45, 7) is 5.28. The van der Waals surface area contributed by atoms with Crippen molar-refractivity contribution in [1.82, 2.24) is 0 Å². The average molecular weight is 260 g/mol. The van der Waals surface area contributed by atoms with Crippen LogP contribution in [0.3, 0.4) is 0 Å². The first-order chi connectivity index (χ1) is 8.43. The number of unbranched alkanes of at least 4 members (excludes halogenated alkanes) is 3. The van der Waals surface area contributed by atoms with Crippen LogP contribution in [-0.4, -0.2) is 47.5 Å². The molecule has 3 atom stereocenters. The van der Waals surface area contributed by atoms with E-state index in [1.807, 2.05) is 7.05 Å². The molecule has 0 radical (unpaired) electrons. The molecule has 2 N–H and O–H groups in total. The second-order valence-corrected chi connectivity index (χ2v) is 5.55. The van der Waals surface area contributed by atoms with Crippen molar-refractivity contribution < 1.29 is 19.8 Å². The molecule has 0 amide bonds. The quantitative estimate of drug-likeness (QED) is 0.259. The Morgan fingerprint density at radius 3 is 2.33 bits per heavy atom. The van der Waals surface area contributed by atoms with Crippen LogP contribution in [0.4, 0.5) is 0 Å². The van der Waals surface area contributed by atoms with Crippen molar-refractivity contribution in [1.29, 1.82) is 0 Å². The predicted molar refractivity (Wildman–Crippen MR) is 72.3 cm³/mol. The summed E-state index contributed by atoms with van der Waals surface area (Å²) in [5.41, 5.74) is 0. The Kier molecular flexibility index (Phi) is 9.24. The first-order valence-corrected chi connectivity index (χ1v) is 7.13. The number of hydrogen-bond acceptors (Lipinski definition) is 3. The van der Waals surface area contributed by atoms with E-state index in [2.05, 4.69) is 6.92 Å². The van der Waals surface area contributed by atoms with Crippen molar-refractivity contribution in [3.8, 4) is 0 Å². The van der Waals surface area contributed by atoms with Gasteiger partial charge in [0.05, 0.1) is 13.2 Å². The molecule has 0 saturated carbocycles. The average Bonchev–Trinajstić information content (AvgIpc) is 2.33. The van der Waals surface area contributed by atoms with Gasteiger partial charge >= 0.3 is 0 Å². The highest BCUT2D eigenvalue weighted by Crippen LogP contribution is 2.11. The van der Waals surface area contributed by atoms with E-state index >= 15 is 0 Å². The SMILES string of the molecule is CCCCCC[N+](C)(O)CCCC(O)C(C)C=O. The van der Waals surface area contributed by atoms with E-state index in [0.29, 0.717) is 13.0 Å². The molecule has 4 nitrogen and oxygen atoms in total. The molecule has 0 spiro atoms. The third-order valence-corrected chi connectivity index (χ3v) is 3.45. The van der Waals surface area contributed by atoms with Crippen molar-refractivity contribution in [3.63, 3.8) is 0 Å². The van der Waals surface area contributed by atoms with E-state index < -0.39 is 6.10 Å². The molecule has 0 saturated heterocycles. The lowest BCUT2D eigenvalue weighted by atomic mass is 10.0. The molecule has 0 aromatic heterocycles. The maximum atomic E-state index is 10.5. The van der Waals surface area contributed by atoms with Crippen LogP contribution in [0.1, 0.15) is 52.4 Å². The van der Waals surface area contributed by atoms with E-state index in [1.54, 1.807) is 6.92 Å². The van der Waals surface area contributed by atoms with E-state index in [0.717, 1.165) is 32.1 Å². The Balaban J connectivity index is 3.72. The zero-order chi connectivity index (χ0) is 14.0. The van der Waals surface area contributed by atoms with Crippen LogP contribution in [0.15, 0.2) is 0 Å². The maximum Gasteiger partial charge on any atom is 0.125 e. The molecule has 108 valence electrons. The number of carbonyl (C=O) groups is 1. The third-order valence-electron chi connectivity index (χ3n) is 3.45. The van der Waals surface area contributed by atoms with Crippen LogP contribution in [0.25, 0.3) is 0 Å². The van der Waals surface area contributed by atoms with E-state index in [9.17, 15) is 15.1 Å². The second-order valence-electron chi connectivity index (χ2n) is 5.55. The molecule has 4 heteroatoms. The van der Waals surface area contributed by atoms with Crippen LogP contribution in [0, 0.1) is 5.92 Å². The van der Waals surface area contributed by atoms with E-state index in [1.165, 1.54) is 12.8 Å². The number of aliphatic hydroxyl groups is 1. The number of nitrogens with zero attached hydrogens (tertiary/aromatic N) is 1. The smallest absolute Gasteiger partial charge is 0.125 e. The molecule has 0 aliphatic carbocycles. The monoisotopic (exact) mass is 260 g/mol. The fraction of sp³-hybridized carbons (Fsp3) is 0.929. The van der Waals surface area contributed by atoms with Gasteiger partial charge in [-0.15, -0.1) is 0 Å². The third kappa shape index (κ3) is 8.61. The minimum absolute atomic E-state index is 0.0197. The van der Waals surface area contributed by atoms with Crippen LogP contribution in [0.2, 0.25) is 0 Å². The summed E-state index contributed by atoms with van der Waals surface area (Å²) in [6, 6.07) is 0. The van der Waals surface area contributed by atoms with Gasteiger partial charge in [0.25, 0.3) is 0 Å². The van der Waals surface area contributed by atoms with Crippen molar-refractivity contribution in [2.45, 2.75) is 58.5 Å². The number of aliphatic hydroxyl groups excluding tert-OH is 1. The topological polar surface area (TPSA) is 57.5 Å². The Labute approximate surface area is 111 Å². The first kappa shape index (κ1) is 17.6. The van der Waals surface area contributed by atoms with Crippen molar-refractivity contribution in [2.24, 2.45) is 5.92 Å². The van der Waals surface area contributed by atoms with E-state index in [4.69, 9.17) is 0 Å². The zero-order valence-corrected chi connectivity index (χ0v) is 12.1. The van der Waals surface area contributed by atoms with Crippen LogP contribution in [-0.2, 0) is 4.79 Å². The van der Waals surface area contributed by atoms with Gasteiger partial charge in [0.15, 0.2) is 0 Å². The molecular weight excluding hydrogens is 230 g/mol. The summed E-state index contributed by atoms with van der Waals surface area (Å²) in [4.78, 5) is 10.5. The Morgan fingerprint density at radius 1 is 1.17 bits per heavy atom. The minimum atomic E-state index is -0.581. The number of aldehydes is 1. The largest absolute Gasteiger partial charge is 0.392 e. The highest BCUT2D eigenvalue weighted by molar-refractivity contribution is 5.53. The Hall–Kier alpha value is -0.450. The van der Waals surface area contributed by atoms with Gasteiger partial charge < -0.3 is 9.90 Å². The van der Waals surface area contributed by atoms with Gasteiger partial charge in [0, 0.05) is 12.3 Å². The van der Waals surface area contributed by atoms with Gasteiger partial charge in [-0.1, -0.05) is 26.7 Å².